The van der Waals surface area contributed by atoms with Gasteiger partial charge in [0.2, 0.25) is 0 Å². The van der Waals surface area contributed by atoms with Crippen LogP contribution in [0.1, 0.15) is 39.2 Å². The smallest absolute Gasteiger partial charge is 0.366 e. The first kappa shape index (κ1) is 35.0. The second-order valence-corrected chi connectivity index (χ2v) is 9.65. The monoisotopic (exact) mass is 948 g/mol. The van der Waals surface area contributed by atoms with E-state index >= 15 is 0 Å². The Labute approximate surface area is 295 Å². The summed E-state index contributed by atoms with van der Waals surface area (Å²) in [5, 5.41) is 6.57. The molecule has 0 saturated heterocycles. The van der Waals surface area contributed by atoms with Crippen LogP contribution in [0.3, 0.4) is 0 Å². The summed E-state index contributed by atoms with van der Waals surface area (Å²) in [7, 11) is 0. The molecule has 0 unspecified atom stereocenters. The van der Waals surface area contributed by atoms with Crippen molar-refractivity contribution in [3.8, 4) is 34.1 Å². The van der Waals surface area contributed by atoms with Gasteiger partial charge in [-0.15, -0.1) is 35.4 Å². The second kappa shape index (κ2) is 17.7. The van der Waals surface area contributed by atoms with Crippen LogP contribution in [0.25, 0.3) is 22.3 Å². The van der Waals surface area contributed by atoms with E-state index in [0.717, 1.165) is 30.3 Å². The molecule has 8 heteroatoms. The van der Waals surface area contributed by atoms with Gasteiger partial charge in [0, 0.05) is 12.6 Å². The van der Waals surface area contributed by atoms with Crippen LogP contribution in [0.2, 0.25) is 0 Å². The average Bonchev–Trinajstić information content (AvgIpc) is 3.63. The summed E-state index contributed by atoms with van der Waals surface area (Å²) in [6, 6.07) is 29.2. The fourth-order valence-corrected chi connectivity index (χ4v) is 5.05. The molecule has 2 aliphatic rings. The van der Waals surface area contributed by atoms with Gasteiger partial charge in [-0.05, 0) is 51.8 Å². The quantitative estimate of drug-likeness (QED) is 0.0719. The van der Waals surface area contributed by atoms with Crippen molar-refractivity contribution in [2.24, 2.45) is 9.98 Å². The van der Waals surface area contributed by atoms with Crippen molar-refractivity contribution in [2.45, 2.75) is 19.3 Å². The van der Waals surface area contributed by atoms with Crippen molar-refractivity contribution < 1.29 is 44.8 Å². The topological polar surface area (TPSA) is 87.2 Å². The van der Waals surface area contributed by atoms with E-state index in [1.165, 1.54) is 63.5 Å². The zero-order chi connectivity index (χ0) is 29.9. The van der Waals surface area contributed by atoms with E-state index in [-0.39, 0.29) is 44.8 Å². The van der Waals surface area contributed by atoms with Crippen LogP contribution in [0.15, 0.2) is 108 Å². The van der Waals surface area contributed by atoms with Crippen LogP contribution < -0.4 is 0 Å². The third-order valence-corrected chi connectivity index (χ3v) is 7.01. The van der Waals surface area contributed by atoms with Crippen LogP contribution >= 0.6 is 0 Å². The van der Waals surface area contributed by atoms with E-state index in [2.05, 4.69) is 104 Å². The predicted octanol–water partition coefficient (Wildman–Crippen LogP) is 6.51. The molecule has 0 aliphatic heterocycles. The number of nitrogens with one attached hydrogen (secondary N) is 1. The molecule has 45 heavy (non-hydrogen) atoms. The minimum Gasteiger partial charge on any atom is -0.366 e. The fraction of sp³-hybridized carbons (Fsp3) is 0.0811. The third kappa shape index (κ3) is 9.01. The van der Waals surface area contributed by atoms with E-state index in [1.54, 1.807) is 6.21 Å². The molecule has 7 rings (SSSR count). The predicted molar refractivity (Wildman–Crippen MR) is 171 cm³/mol. The van der Waals surface area contributed by atoms with Crippen LogP contribution in [0, 0.1) is 30.1 Å². The van der Waals surface area contributed by atoms with Gasteiger partial charge < -0.3 is 12.8 Å². The van der Waals surface area contributed by atoms with Gasteiger partial charge in [-0.25, -0.2) is 24.9 Å². The molecule has 6 nitrogen and oxygen atoms in total. The van der Waals surface area contributed by atoms with E-state index in [4.69, 9.17) is 18.3 Å². The van der Waals surface area contributed by atoms with Gasteiger partial charge in [0.1, 0.15) is 31.2 Å². The molecule has 4 aromatic carbocycles. The SMILES string of the molecule is N=CN=CN=CCc1ncncn1.[Au+].[Au+].[C-]#Cc1ccc2c(c1)-c1ccccc1C2.[C-]#Cc1ccc2c(c1)Cc1ccccc1-2. The summed E-state index contributed by atoms with van der Waals surface area (Å²) in [5.74, 6) is 5.53. The molecular weight excluding hydrogens is 922 g/mol. The van der Waals surface area contributed by atoms with Gasteiger partial charge in [0.25, 0.3) is 0 Å². The minimum absolute atomic E-state index is 0. The van der Waals surface area contributed by atoms with Gasteiger partial charge in [0.15, 0.2) is 0 Å². The number of hydrogen-bond donors (Lipinski definition) is 1. The molecular formula is C37H26Au2N6. The maximum atomic E-state index is 7.14. The molecule has 1 aromatic heterocycles. The minimum atomic E-state index is 0. The van der Waals surface area contributed by atoms with Crippen molar-refractivity contribution in [3.05, 3.63) is 150 Å². The molecule has 0 atom stereocenters. The Hall–Kier alpha value is -4.50. The van der Waals surface area contributed by atoms with Gasteiger partial charge in [-0.1, -0.05) is 66.2 Å². The molecule has 226 valence electrons. The molecule has 2 aliphatic carbocycles. The summed E-state index contributed by atoms with van der Waals surface area (Å²) < 4.78 is 0. The molecule has 0 spiro atoms. The molecule has 1 N–H and O–H groups in total. The standard InChI is InChI=1S/2C15H9.C7H8N6.2Au/c1-2-11-7-8-15-13(9-11)10-12-5-3-4-6-14(12)15;1-2-11-7-8-13-10-12-5-3-4-6-14(12)15(13)9-11;8-3-10-4-9-2-1-7-12-5-11-6-13-7;;/h2*3-9H,10H2;2-6,8H,1H2;;/q2*-1;;2*+1. The first-order valence-corrected chi connectivity index (χ1v) is 13.6. The zero-order valence-corrected chi connectivity index (χ0v) is 28.3. The number of benzene rings is 4. The average molecular weight is 949 g/mol. The van der Waals surface area contributed by atoms with Crippen molar-refractivity contribution in [2.75, 3.05) is 0 Å². The maximum Gasteiger partial charge on any atom is 1.00 e. The normalized spacial score (nSPS) is 11.0. The number of aliphatic imine (C=N–C) groups is 2. The van der Waals surface area contributed by atoms with E-state index in [1.807, 2.05) is 18.2 Å². The van der Waals surface area contributed by atoms with Crippen LogP contribution in [0.4, 0.5) is 0 Å². The van der Waals surface area contributed by atoms with Gasteiger partial charge >= 0.3 is 44.8 Å². The summed E-state index contributed by atoms with van der Waals surface area (Å²) in [5.41, 5.74) is 12.4. The summed E-state index contributed by atoms with van der Waals surface area (Å²) in [6.45, 7) is 0. The van der Waals surface area contributed by atoms with Crippen molar-refractivity contribution in [1.29, 1.82) is 5.41 Å². The summed E-state index contributed by atoms with van der Waals surface area (Å²) in [6.07, 6.45) is 23.5. The van der Waals surface area contributed by atoms with E-state index < -0.39 is 0 Å². The van der Waals surface area contributed by atoms with Gasteiger partial charge in [0.05, 0.1) is 0 Å². The first-order chi connectivity index (χ1) is 21.2. The second-order valence-electron chi connectivity index (χ2n) is 9.65. The number of hydrogen-bond acceptors (Lipinski definition) is 4. The number of fused-ring (bicyclic) bond motifs is 6. The Balaban J connectivity index is 0.000000181. The van der Waals surface area contributed by atoms with Gasteiger partial charge in [-0.3, -0.25) is 17.3 Å². The molecule has 0 amide bonds. The Morgan fingerprint density at radius 1 is 0.667 bits per heavy atom. The van der Waals surface area contributed by atoms with Crippen molar-refractivity contribution in [1.82, 2.24) is 15.0 Å². The van der Waals surface area contributed by atoms with Crippen molar-refractivity contribution in [3.63, 3.8) is 0 Å². The van der Waals surface area contributed by atoms with Crippen LogP contribution in [-0.4, -0.2) is 33.8 Å². The van der Waals surface area contributed by atoms with Crippen LogP contribution in [-0.2, 0) is 64.0 Å². The zero-order valence-electron chi connectivity index (χ0n) is 23.9. The number of aromatic nitrogens is 3. The molecule has 0 bridgehead atoms. The molecule has 0 saturated carbocycles. The van der Waals surface area contributed by atoms with Crippen molar-refractivity contribution >= 4 is 18.9 Å². The number of nitrogens with zero attached hydrogens (tertiary/aromatic N) is 5. The molecule has 0 radical (unpaired) electrons. The maximum absolute atomic E-state index is 7.14. The summed E-state index contributed by atoms with van der Waals surface area (Å²) in [4.78, 5) is 18.7. The largest absolute Gasteiger partial charge is 1.00 e. The van der Waals surface area contributed by atoms with Gasteiger partial charge in [-0.2, -0.15) is 0 Å². The van der Waals surface area contributed by atoms with E-state index in [9.17, 15) is 0 Å². The molecule has 1 heterocycles. The molecule has 0 fully saturated rings. The first-order valence-electron chi connectivity index (χ1n) is 13.6. The summed E-state index contributed by atoms with van der Waals surface area (Å²) >= 11 is 0. The van der Waals surface area contributed by atoms with E-state index in [0.29, 0.717) is 12.2 Å². The number of rotatable bonds is 4. The Kier molecular flexibility index (Phi) is 13.8. The van der Waals surface area contributed by atoms with Crippen LogP contribution in [0.5, 0.6) is 0 Å². The Bertz CT molecular complexity index is 1900. The molecule has 5 aromatic rings. The fourth-order valence-electron chi connectivity index (χ4n) is 5.05. The Morgan fingerprint density at radius 3 is 1.89 bits per heavy atom. The third-order valence-electron chi connectivity index (χ3n) is 7.01. The Morgan fingerprint density at radius 2 is 1.22 bits per heavy atom.